The van der Waals surface area contributed by atoms with Crippen molar-refractivity contribution in [2.24, 2.45) is 0 Å². The van der Waals surface area contributed by atoms with Crippen molar-refractivity contribution in [2.45, 2.75) is 13.8 Å². The van der Waals surface area contributed by atoms with Gasteiger partial charge in [-0.1, -0.05) is 15.9 Å². The molecule has 1 aromatic carbocycles. The number of hydrogen-bond acceptors (Lipinski definition) is 4. The zero-order chi connectivity index (χ0) is 17.1. The number of aromatic amines is 1. The zero-order valence-electron chi connectivity index (χ0n) is 14.0. The Bertz CT molecular complexity index is 685. The minimum absolute atomic E-state index is 0.0291. The standard InChI is InChI=1S/C17H22BrN5O/c1-12-17(13(2)21-20-12)23-9-7-22(8-10-23)11-16(24)19-15-5-3-14(18)4-6-15/h3-6H,7-11H2,1-2H3,(H,19,24)(H,20,21). The van der Waals surface area contributed by atoms with Crippen LogP contribution in [0.15, 0.2) is 28.7 Å². The highest BCUT2D eigenvalue weighted by Crippen LogP contribution is 2.23. The van der Waals surface area contributed by atoms with Gasteiger partial charge in [0.1, 0.15) is 0 Å². The fourth-order valence-corrected chi connectivity index (χ4v) is 3.34. The second-order valence-electron chi connectivity index (χ2n) is 6.10. The molecule has 6 nitrogen and oxygen atoms in total. The number of hydrogen-bond donors (Lipinski definition) is 2. The van der Waals surface area contributed by atoms with Gasteiger partial charge in [0.2, 0.25) is 5.91 Å². The third-order valence-corrected chi connectivity index (χ3v) is 4.80. The van der Waals surface area contributed by atoms with Gasteiger partial charge in [0.05, 0.1) is 23.6 Å². The first-order chi connectivity index (χ1) is 11.5. The number of halogens is 1. The first-order valence-electron chi connectivity index (χ1n) is 8.07. The Kier molecular flexibility index (Phi) is 5.20. The van der Waals surface area contributed by atoms with E-state index in [9.17, 15) is 4.79 Å². The van der Waals surface area contributed by atoms with E-state index in [-0.39, 0.29) is 5.91 Å². The van der Waals surface area contributed by atoms with Crippen LogP contribution in [-0.2, 0) is 4.79 Å². The summed E-state index contributed by atoms with van der Waals surface area (Å²) in [5.41, 5.74) is 4.17. The van der Waals surface area contributed by atoms with E-state index in [1.165, 1.54) is 5.69 Å². The molecule has 7 heteroatoms. The van der Waals surface area contributed by atoms with Crippen molar-refractivity contribution in [3.8, 4) is 0 Å². The molecule has 1 saturated heterocycles. The van der Waals surface area contributed by atoms with Gasteiger partial charge in [0, 0.05) is 36.3 Å². The van der Waals surface area contributed by atoms with Crippen LogP contribution in [0, 0.1) is 13.8 Å². The van der Waals surface area contributed by atoms with E-state index < -0.39 is 0 Å². The highest BCUT2D eigenvalue weighted by Gasteiger charge is 2.22. The van der Waals surface area contributed by atoms with Crippen LogP contribution in [0.3, 0.4) is 0 Å². The lowest BCUT2D eigenvalue weighted by molar-refractivity contribution is -0.117. The fraction of sp³-hybridized carbons (Fsp3) is 0.412. The number of rotatable bonds is 4. The molecule has 1 aliphatic heterocycles. The summed E-state index contributed by atoms with van der Waals surface area (Å²) in [6.07, 6.45) is 0. The van der Waals surface area contributed by atoms with Crippen molar-refractivity contribution in [2.75, 3.05) is 42.9 Å². The second kappa shape index (κ2) is 7.36. The van der Waals surface area contributed by atoms with E-state index in [4.69, 9.17) is 0 Å². The maximum atomic E-state index is 12.2. The number of carbonyl (C=O) groups excluding carboxylic acids is 1. The Morgan fingerprint density at radius 3 is 2.46 bits per heavy atom. The molecule has 2 aromatic rings. The summed E-state index contributed by atoms with van der Waals surface area (Å²) < 4.78 is 1.00. The van der Waals surface area contributed by atoms with Crippen molar-refractivity contribution < 1.29 is 4.79 Å². The van der Waals surface area contributed by atoms with E-state index in [2.05, 4.69) is 41.2 Å². The highest BCUT2D eigenvalue weighted by molar-refractivity contribution is 9.10. The van der Waals surface area contributed by atoms with Crippen LogP contribution < -0.4 is 10.2 Å². The molecule has 1 aliphatic rings. The third kappa shape index (κ3) is 3.96. The molecule has 0 saturated carbocycles. The molecule has 3 rings (SSSR count). The molecular formula is C17H22BrN5O. The van der Waals surface area contributed by atoms with Crippen molar-refractivity contribution in [3.05, 3.63) is 40.1 Å². The summed E-state index contributed by atoms with van der Waals surface area (Å²) in [5, 5.41) is 10.2. The predicted octanol–water partition coefficient (Wildman–Crippen LogP) is 2.55. The molecule has 0 atom stereocenters. The number of aryl methyl sites for hydroxylation is 2. The van der Waals surface area contributed by atoms with E-state index in [1.54, 1.807) is 0 Å². The van der Waals surface area contributed by atoms with Gasteiger partial charge in [-0.3, -0.25) is 14.8 Å². The van der Waals surface area contributed by atoms with Crippen LogP contribution in [0.5, 0.6) is 0 Å². The van der Waals surface area contributed by atoms with Crippen LogP contribution in [0.4, 0.5) is 11.4 Å². The van der Waals surface area contributed by atoms with Crippen LogP contribution in [0.1, 0.15) is 11.4 Å². The van der Waals surface area contributed by atoms with E-state index >= 15 is 0 Å². The number of nitrogens with zero attached hydrogens (tertiary/aromatic N) is 3. The number of amides is 1. The number of piperazine rings is 1. The van der Waals surface area contributed by atoms with Gasteiger partial charge in [-0.15, -0.1) is 0 Å². The minimum atomic E-state index is 0.0291. The normalized spacial score (nSPS) is 15.5. The van der Waals surface area contributed by atoms with Gasteiger partial charge in [-0.2, -0.15) is 5.10 Å². The molecule has 0 radical (unpaired) electrons. The number of H-pyrrole nitrogens is 1. The lowest BCUT2D eigenvalue weighted by Gasteiger charge is -2.35. The van der Waals surface area contributed by atoms with Crippen molar-refractivity contribution >= 4 is 33.2 Å². The average molecular weight is 392 g/mol. The maximum Gasteiger partial charge on any atom is 0.238 e. The van der Waals surface area contributed by atoms with Crippen molar-refractivity contribution in [1.82, 2.24) is 15.1 Å². The van der Waals surface area contributed by atoms with E-state index in [1.807, 2.05) is 38.1 Å². The third-order valence-electron chi connectivity index (χ3n) is 4.27. The lowest BCUT2D eigenvalue weighted by atomic mass is 10.2. The second-order valence-corrected chi connectivity index (χ2v) is 7.02. The first-order valence-corrected chi connectivity index (χ1v) is 8.86. The molecule has 0 spiro atoms. The monoisotopic (exact) mass is 391 g/mol. The van der Waals surface area contributed by atoms with Gasteiger partial charge in [-0.25, -0.2) is 0 Å². The van der Waals surface area contributed by atoms with Crippen LogP contribution >= 0.6 is 15.9 Å². The first kappa shape index (κ1) is 17.0. The Labute approximate surface area is 150 Å². The summed E-state index contributed by atoms with van der Waals surface area (Å²) in [6.45, 7) is 8.06. The SMILES string of the molecule is Cc1n[nH]c(C)c1N1CCN(CC(=O)Nc2ccc(Br)cc2)CC1. The molecule has 1 fully saturated rings. The topological polar surface area (TPSA) is 64.3 Å². The van der Waals surface area contributed by atoms with Crippen LogP contribution in [0.25, 0.3) is 0 Å². The lowest BCUT2D eigenvalue weighted by Crippen LogP contribution is -2.49. The average Bonchev–Trinajstić information content (AvgIpc) is 2.89. The van der Waals surface area contributed by atoms with Gasteiger partial charge in [-0.05, 0) is 38.1 Å². The summed E-state index contributed by atoms with van der Waals surface area (Å²) in [5.74, 6) is 0.0291. The quantitative estimate of drug-likeness (QED) is 0.840. The molecule has 2 N–H and O–H groups in total. The van der Waals surface area contributed by atoms with Crippen molar-refractivity contribution in [1.29, 1.82) is 0 Å². The Hall–Kier alpha value is -1.86. The van der Waals surface area contributed by atoms with Crippen molar-refractivity contribution in [3.63, 3.8) is 0 Å². The highest BCUT2D eigenvalue weighted by atomic mass is 79.9. The number of benzene rings is 1. The van der Waals surface area contributed by atoms with E-state index in [0.717, 1.165) is 47.7 Å². The Balaban J connectivity index is 1.50. The minimum Gasteiger partial charge on any atom is -0.366 e. The number of anilines is 2. The Morgan fingerprint density at radius 2 is 1.88 bits per heavy atom. The molecule has 0 aliphatic carbocycles. The van der Waals surface area contributed by atoms with E-state index in [0.29, 0.717) is 6.54 Å². The molecule has 24 heavy (non-hydrogen) atoms. The Morgan fingerprint density at radius 1 is 1.21 bits per heavy atom. The summed E-state index contributed by atoms with van der Waals surface area (Å²) in [6, 6.07) is 7.63. The van der Waals surface area contributed by atoms with Crippen LogP contribution in [-0.4, -0.2) is 53.7 Å². The molecule has 128 valence electrons. The fourth-order valence-electron chi connectivity index (χ4n) is 3.08. The smallest absolute Gasteiger partial charge is 0.238 e. The maximum absolute atomic E-state index is 12.2. The summed E-state index contributed by atoms with van der Waals surface area (Å²) in [7, 11) is 0. The molecule has 2 heterocycles. The molecule has 0 unspecified atom stereocenters. The molecular weight excluding hydrogens is 370 g/mol. The largest absolute Gasteiger partial charge is 0.366 e. The summed E-state index contributed by atoms with van der Waals surface area (Å²) >= 11 is 3.39. The van der Waals surface area contributed by atoms with Gasteiger partial charge < -0.3 is 10.2 Å². The zero-order valence-corrected chi connectivity index (χ0v) is 15.6. The number of aromatic nitrogens is 2. The van der Waals surface area contributed by atoms with Gasteiger partial charge >= 0.3 is 0 Å². The predicted molar refractivity (Wildman–Crippen MR) is 99.5 cm³/mol. The molecule has 1 aromatic heterocycles. The van der Waals surface area contributed by atoms with Gasteiger partial charge in [0.15, 0.2) is 0 Å². The summed E-state index contributed by atoms with van der Waals surface area (Å²) in [4.78, 5) is 16.7. The molecule has 0 bridgehead atoms. The van der Waals surface area contributed by atoms with Crippen LogP contribution in [0.2, 0.25) is 0 Å². The molecule has 1 amide bonds. The van der Waals surface area contributed by atoms with Gasteiger partial charge in [0.25, 0.3) is 0 Å². The number of carbonyl (C=O) groups is 1. The number of nitrogens with one attached hydrogen (secondary N) is 2.